The third-order valence-corrected chi connectivity index (χ3v) is 3.13. The topological polar surface area (TPSA) is 30.5 Å². The smallest absolute Gasteiger partial charge is 0.123 e. The predicted molar refractivity (Wildman–Crippen MR) is 73.5 cm³/mol. The number of rotatable bonds is 7. The Morgan fingerprint density at radius 1 is 1.35 bits per heavy atom. The van der Waals surface area contributed by atoms with Crippen molar-refractivity contribution in [2.24, 2.45) is 0 Å². The zero-order valence-corrected chi connectivity index (χ0v) is 12.2. The standard InChI is InChI=1S/C13H20BrNO2/c1-10(6-7-16-2)15-9-11-8-12(14)4-5-13(11)17-3/h4-5,8,10,15H,6-7,9H2,1-3H3. The fourth-order valence-corrected chi connectivity index (χ4v) is 1.97. The van der Waals surface area contributed by atoms with E-state index in [0.717, 1.165) is 35.4 Å². The minimum atomic E-state index is 0.429. The lowest BCUT2D eigenvalue weighted by Gasteiger charge is -2.15. The molecule has 1 atom stereocenters. The summed E-state index contributed by atoms with van der Waals surface area (Å²) in [4.78, 5) is 0. The summed E-state index contributed by atoms with van der Waals surface area (Å²) in [5.74, 6) is 0.916. The second-order valence-electron chi connectivity index (χ2n) is 4.02. The van der Waals surface area contributed by atoms with Crippen LogP contribution in [0.25, 0.3) is 0 Å². The van der Waals surface area contributed by atoms with Gasteiger partial charge >= 0.3 is 0 Å². The van der Waals surface area contributed by atoms with Gasteiger partial charge in [-0.1, -0.05) is 15.9 Å². The quantitative estimate of drug-likeness (QED) is 0.840. The van der Waals surface area contributed by atoms with Crippen LogP contribution >= 0.6 is 15.9 Å². The maximum atomic E-state index is 5.33. The van der Waals surface area contributed by atoms with E-state index in [9.17, 15) is 0 Å². The highest BCUT2D eigenvalue weighted by atomic mass is 79.9. The Labute approximate surface area is 112 Å². The summed E-state index contributed by atoms with van der Waals surface area (Å²) in [6, 6.07) is 6.46. The Morgan fingerprint density at radius 2 is 2.12 bits per heavy atom. The van der Waals surface area contributed by atoms with Gasteiger partial charge in [-0.15, -0.1) is 0 Å². The predicted octanol–water partition coefficient (Wildman–Crippen LogP) is 2.97. The maximum Gasteiger partial charge on any atom is 0.123 e. The van der Waals surface area contributed by atoms with Gasteiger partial charge < -0.3 is 14.8 Å². The first-order valence-corrected chi connectivity index (χ1v) is 6.51. The van der Waals surface area contributed by atoms with Crippen molar-refractivity contribution in [3.05, 3.63) is 28.2 Å². The second-order valence-corrected chi connectivity index (χ2v) is 4.94. The highest BCUT2D eigenvalue weighted by Crippen LogP contribution is 2.22. The van der Waals surface area contributed by atoms with Gasteiger partial charge in [0.05, 0.1) is 7.11 Å². The SMILES string of the molecule is COCCC(C)NCc1cc(Br)ccc1OC. The maximum absolute atomic E-state index is 5.33. The molecule has 3 nitrogen and oxygen atoms in total. The molecule has 0 saturated heterocycles. The summed E-state index contributed by atoms with van der Waals surface area (Å²) < 4.78 is 11.5. The molecule has 0 aromatic heterocycles. The number of nitrogens with one attached hydrogen (secondary N) is 1. The van der Waals surface area contributed by atoms with Gasteiger partial charge in [0.25, 0.3) is 0 Å². The van der Waals surface area contributed by atoms with Crippen molar-refractivity contribution in [3.8, 4) is 5.75 Å². The Bertz CT molecular complexity index is 344. The molecule has 0 aliphatic heterocycles. The van der Waals surface area contributed by atoms with Gasteiger partial charge in [-0.3, -0.25) is 0 Å². The molecule has 0 aliphatic rings. The van der Waals surface area contributed by atoms with E-state index in [1.54, 1.807) is 14.2 Å². The molecule has 96 valence electrons. The van der Waals surface area contributed by atoms with Gasteiger partial charge in [-0.25, -0.2) is 0 Å². The van der Waals surface area contributed by atoms with Gasteiger partial charge in [-0.05, 0) is 31.5 Å². The summed E-state index contributed by atoms with van der Waals surface area (Å²) >= 11 is 3.47. The summed E-state index contributed by atoms with van der Waals surface area (Å²) in [6.45, 7) is 3.74. The Balaban J connectivity index is 2.52. The van der Waals surface area contributed by atoms with E-state index in [-0.39, 0.29) is 0 Å². The molecule has 0 saturated carbocycles. The van der Waals surface area contributed by atoms with Crippen molar-refractivity contribution in [2.75, 3.05) is 20.8 Å². The van der Waals surface area contributed by atoms with Crippen LogP contribution in [0.1, 0.15) is 18.9 Å². The van der Waals surface area contributed by atoms with Gasteiger partial charge in [0.2, 0.25) is 0 Å². The van der Waals surface area contributed by atoms with Crippen LogP contribution in [0.2, 0.25) is 0 Å². The highest BCUT2D eigenvalue weighted by Gasteiger charge is 2.06. The zero-order chi connectivity index (χ0) is 12.7. The van der Waals surface area contributed by atoms with Crippen LogP contribution < -0.4 is 10.1 Å². The van der Waals surface area contributed by atoms with E-state index in [1.165, 1.54) is 0 Å². The Hall–Kier alpha value is -0.580. The number of methoxy groups -OCH3 is 2. The van der Waals surface area contributed by atoms with Gasteiger partial charge in [0.15, 0.2) is 0 Å². The third-order valence-electron chi connectivity index (χ3n) is 2.64. The second kappa shape index (κ2) is 7.69. The molecular formula is C13H20BrNO2. The average molecular weight is 302 g/mol. The van der Waals surface area contributed by atoms with Gasteiger partial charge in [0.1, 0.15) is 5.75 Å². The average Bonchev–Trinajstić information content (AvgIpc) is 2.34. The number of benzene rings is 1. The van der Waals surface area contributed by atoms with Crippen LogP contribution in [-0.2, 0) is 11.3 Å². The van der Waals surface area contributed by atoms with Crippen molar-refractivity contribution in [1.29, 1.82) is 0 Å². The van der Waals surface area contributed by atoms with Crippen LogP contribution in [0.15, 0.2) is 22.7 Å². The lowest BCUT2D eigenvalue weighted by atomic mass is 10.1. The molecule has 17 heavy (non-hydrogen) atoms. The molecule has 1 unspecified atom stereocenters. The highest BCUT2D eigenvalue weighted by molar-refractivity contribution is 9.10. The molecule has 0 fully saturated rings. The lowest BCUT2D eigenvalue weighted by molar-refractivity contribution is 0.184. The minimum Gasteiger partial charge on any atom is -0.496 e. The summed E-state index contributed by atoms with van der Waals surface area (Å²) in [5.41, 5.74) is 1.16. The van der Waals surface area contributed by atoms with E-state index >= 15 is 0 Å². The van der Waals surface area contributed by atoms with Crippen LogP contribution in [0.5, 0.6) is 5.75 Å². The normalized spacial score (nSPS) is 12.5. The van der Waals surface area contributed by atoms with E-state index in [1.807, 2.05) is 12.1 Å². The minimum absolute atomic E-state index is 0.429. The number of halogens is 1. The van der Waals surface area contributed by atoms with Crippen molar-refractivity contribution in [1.82, 2.24) is 5.32 Å². The molecule has 1 aromatic rings. The summed E-state index contributed by atoms with van der Waals surface area (Å²) in [5, 5.41) is 3.45. The van der Waals surface area contributed by atoms with Crippen molar-refractivity contribution < 1.29 is 9.47 Å². The lowest BCUT2D eigenvalue weighted by Crippen LogP contribution is -2.26. The molecule has 1 aromatic carbocycles. The number of ether oxygens (including phenoxy) is 2. The number of hydrogen-bond acceptors (Lipinski definition) is 3. The van der Waals surface area contributed by atoms with Crippen molar-refractivity contribution >= 4 is 15.9 Å². The van der Waals surface area contributed by atoms with Crippen LogP contribution in [0.4, 0.5) is 0 Å². The Kier molecular flexibility index (Phi) is 6.55. The van der Waals surface area contributed by atoms with E-state index in [4.69, 9.17) is 9.47 Å². The van der Waals surface area contributed by atoms with E-state index < -0.39 is 0 Å². The van der Waals surface area contributed by atoms with E-state index in [2.05, 4.69) is 34.2 Å². The third kappa shape index (κ3) is 5.06. The van der Waals surface area contributed by atoms with Crippen LogP contribution in [0.3, 0.4) is 0 Å². The van der Waals surface area contributed by atoms with E-state index in [0.29, 0.717) is 6.04 Å². The number of hydrogen-bond donors (Lipinski definition) is 1. The summed E-state index contributed by atoms with van der Waals surface area (Å²) in [6.07, 6.45) is 1.01. The largest absolute Gasteiger partial charge is 0.496 e. The molecule has 4 heteroatoms. The monoisotopic (exact) mass is 301 g/mol. The first kappa shape index (κ1) is 14.5. The molecule has 0 heterocycles. The Morgan fingerprint density at radius 3 is 2.76 bits per heavy atom. The first-order valence-electron chi connectivity index (χ1n) is 5.72. The molecule has 1 rings (SSSR count). The summed E-state index contributed by atoms with van der Waals surface area (Å²) in [7, 11) is 3.42. The molecule has 0 spiro atoms. The first-order chi connectivity index (χ1) is 8.17. The van der Waals surface area contributed by atoms with Crippen molar-refractivity contribution in [2.45, 2.75) is 25.9 Å². The molecular weight excluding hydrogens is 282 g/mol. The van der Waals surface area contributed by atoms with Crippen molar-refractivity contribution in [3.63, 3.8) is 0 Å². The zero-order valence-electron chi connectivity index (χ0n) is 10.6. The molecule has 0 radical (unpaired) electrons. The van der Waals surface area contributed by atoms with Gasteiger partial charge in [-0.2, -0.15) is 0 Å². The fourth-order valence-electron chi connectivity index (χ4n) is 1.57. The molecule has 1 N–H and O–H groups in total. The van der Waals surface area contributed by atoms with Gasteiger partial charge in [0, 0.05) is 36.3 Å². The fraction of sp³-hybridized carbons (Fsp3) is 0.538. The molecule has 0 amide bonds. The van der Waals surface area contributed by atoms with Crippen LogP contribution in [0, 0.1) is 0 Å². The molecule has 0 bridgehead atoms. The molecule has 0 aliphatic carbocycles. The van der Waals surface area contributed by atoms with Crippen LogP contribution in [-0.4, -0.2) is 26.9 Å².